The molecule has 25 heteroatoms. The normalized spacial score (nSPS) is 17.8. The molecule has 0 amide bonds. The fraction of sp³-hybridized carbons (Fsp3) is 0.483. The van der Waals surface area contributed by atoms with Crippen molar-refractivity contribution in [1.29, 1.82) is 0 Å². The lowest BCUT2D eigenvalue weighted by molar-refractivity contribution is -0.229. The fourth-order valence-corrected chi connectivity index (χ4v) is 8.44. The third-order valence-corrected chi connectivity index (χ3v) is 13.2. The Balaban J connectivity index is 0.000000202. The van der Waals surface area contributed by atoms with Crippen molar-refractivity contribution < 1.29 is 13.2 Å². The van der Waals surface area contributed by atoms with Crippen LogP contribution in [0.1, 0.15) is 20.8 Å². The zero-order chi connectivity index (χ0) is 61.4. The number of alkyl halides is 3. The molecule has 0 unspecified atom stereocenters. The standard InChI is InChI=1S/C10H12N2.C9H11N3.C9H12N2.C7H14N2.C5H7F3N2.C5H11N3.C5H10N2.2C4H9N3/c1-11-7-8-12(9-11)10-5-3-2-4-6-10;1-11-7-10-12(8-11)9-5-3-2-4-6-9;1-10-7-11(2)9-6-4-3-5-8(9)10;1-6-7(2)9(4)5-8(6)3;1-9-2-3-10(4-9)5(6,7)8;1-5-6-8(3)4-7(5)2;1-6-3-4-7(2)5-6;2*1-6-3-5-7(2)4-6/h2-8H,9H2,1H3;2-7H,8H2,1H3;3-6H,7H2,1-2H3;5H2,1-4H3;2-3H,4H2,1H3;4H2,1-3H3;3-4H,5H2,1-2H3;2*3H,4H2,1-2H3. The van der Waals surface area contributed by atoms with E-state index < -0.39 is 6.30 Å². The predicted molar refractivity (Wildman–Crippen MR) is 338 cm³/mol. The highest BCUT2D eigenvalue weighted by molar-refractivity contribution is 5.80. The Morgan fingerprint density at radius 1 is 0.349 bits per heavy atom. The summed E-state index contributed by atoms with van der Waals surface area (Å²) in [7, 11) is 30.1. The second-order valence-electron chi connectivity index (χ2n) is 21.4. The van der Waals surface area contributed by atoms with E-state index in [-0.39, 0.29) is 6.67 Å². The number of hydrazone groups is 4. The van der Waals surface area contributed by atoms with Gasteiger partial charge in [-0.15, -0.1) is 0 Å². The Morgan fingerprint density at radius 2 is 0.759 bits per heavy atom. The highest BCUT2D eigenvalue weighted by atomic mass is 19.4. The van der Waals surface area contributed by atoms with E-state index >= 15 is 0 Å². The zero-order valence-corrected chi connectivity index (χ0v) is 52.6. The van der Waals surface area contributed by atoms with Gasteiger partial charge < -0.3 is 63.7 Å². The number of amidine groups is 1. The van der Waals surface area contributed by atoms with Crippen LogP contribution in [0.3, 0.4) is 0 Å². The van der Waals surface area contributed by atoms with Gasteiger partial charge in [-0.2, -0.15) is 33.6 Å². The van der Waals surface area contributed by atoms with Crippen LogP contribution in [0, 0.1) is 0 Å². The Hall–Kier alpha value is -8.51. The van der Waals surface area contributed by atoms with Gasteiger partial charge in [-0.05, 0) is 57.2 Å². The lowest BCUT2D eigenvalue weighted by Gasteiger charge is -2.20. The lowest BCUT2D eigenvalue weighted by Crippen LogP contribution is -2.34. The fourth-order valence-electron chi connectivity index (χ4n) is 8.44. The number of anilines is 4. The van der Waals surface area contributed by atoms with Gasteiger partial charge in [0.15, 0.2) is 0 Å². The van der Waals surface area contributed by atoms with E-state index in [9.17, 15) is 13.2 Å². The third-order valence-electron chi connectivity index (χ3n) is 13.2. The van der Waals surface area contributed by atoms with Gasteiger partial charge in [0, 0.05) is 160 Å². The van der Waals surface area contributed by atoms with E-state index in [1.807, 2.05) is 122 Å². The second-order valence-corrected chi connectivity index (χ2v) is 21.4. The molecule has 0 saturated carbocycles. The van der Waals surface area contributed by atoms with Crippen LogP contribution < -0.4 is 19.7 Å². The van der Waals surface area contributed by atoms with E-state index in [0.29, 0.717) is 4.90 Å². The van der Waals surface area contributed by atoms with Crippen molar-refractivity contribution in [3.63, 3.8) is 0 Å². The first kappa shape index (κ1) is 67.0. The summed E-state index contributed by atoms with van der Waals surface area (Å²) in [6, 6.07) is 29.0. The van der Waals surface area contributed by atoms with Crippen LogP contribution in [0.15, 0.2) is 154 Å². The number of nitrogens with zero attached hydrogens (tertiary/aromatic N) is 22. The molecule has 458 valence electrons. The summed E-state index contributed by atoms with van der Waals surface area (Å²) in [5.41, 5.74) is 7.82. The molecule has 12 rings (SSSR count). The van der Waals surface area contributed by atoms with Gasteiger partial charge >= 0.3 is 6.30 Å². The number of rotatable bonds is 2. The molecule has 0 spiro atoms. The van der Waals surface area contributed by atoms with Crippen molar-refractivity contribution in [3.8, 4) is 0 Å². The Morgan fingerprint density at radius 3 is 1.04 bits per heavy atom. The summed E-state index contributed by atoms with van der Waals surface area (Å²) in [5, 5.41) is 23.9. The number of benzene rings is 3. The minimum Gasteiger partial charge on any atom is -0.362 e. The summed E-state index contributed by atoms with van der Waals surface area (Å²) in [6.45, 7) is 13.8. The van der Waals surface area contributed by atoms with Crippen molar-refractivity contribution in [1.82, 2.24) is 68.9 Å². The molecule has 83 heavy (non-hydrogen) atoms. The van der Waals surface area contributed by atoms with E-state index in [4.69, 9.17) is 0 Å². The molecule has 3 aromatic carbocycles. The van der Waals surface area contributed by atoms with Crippen molar-refractivity contribution in [2.45, 2.75) is 27.1 Å². The van der Waals surface area contributed by atoms with Crippen LogP contribution in [-0.4, -0.2) is 266 Å². The number of fused-ring (bicyclic) bond motifs is 1. The topological polar surface area (TPSA) is 108 Å². The molecule has 0 bridgehead atoms. The number of halogens is 3. The molecule has 0 aliphatic carbocycles. The van der Waals surface area contributed by atoms with Crippen molar-refractivity contribution >= 4 is 47.6 Å². The first-order valence-electron chi connectivity index (χ1n) is 27.3. The Bertz CT molecular complexity index is 2420. The SMILES string of the molecule is CC1=C(C)N(C)CN1C.CC1=NN(C)CN1C.CN1C=CN(C(F)(F)F)C1.CN1C=CN(C)C1.CN1C=CN(c2ccccc2)C1.CN1C=NN(C)C1.CN1C=NN(C)C1.CN1C=NN(c2ccccc2)C1.CN1CN(C)c2ccccc21. The van der Waals surface area contributed by atoms with Gasteiger partial charge in [0.05, 0.1) is 50.4 Å². The van der Waals surface area contributed by atoms with Crippen molar-refractivity contribution in [2.24, 2.45) is 20.4 Å². The molecule has 3 aromatic rings. The first-order valence-corrected chi connectivity index (χ1v) is 27.3. The van der Waals surface area contributed by atoms with Crippen LogP contribution in [-0.2, 0) is 0 Å². The molecule has 9 aliphatic heterocycles. The average Bonchev–Trinajstić information content (AvgIpc) is 4.56. The molecular weight excluding hydrogens is 1060 g/mol. The predicted octanol–water partition coefficient (Wildman–Crippen LogP) is 6.97. The van der Waals surface area contributed by atoms with Gasteiger partial charge in [-0.3, -0.25) is 19.9 Å². The van der Waals surface area contributed by atoms with Crippen LogP contribution in [0.4, 0.5) is 35.9 Å². The van der Waals surface area contributed by atoms with Crippen molar-refractivity contribution in [2.75, 3.05) is 185 Å². The summed E-state index contributed by atoms with van der Waals surface area (Å²) in [6.07, 6.45) is 11.9. The third kappa shape index (κ3) is 23.5. The van der Waals surface area contributed by atoms with Crippen LogP contribution in [0.25, 0.3) is 0 Å². The maximum absolute atomic E-state index is 11.8. The smallest absolute Gasteiger partial charge is 0.362 e. The molecule has 22 nitrogen and oxygen atoms in total. The molecular formula is C58H95F3N22. The molecule has 0 N–H and O–H groups in total. The second kappa shape index (κ2) is 32.8. The number of allylic oxidation sites excluding steroid dienone is 2. The molecule has 0 fully saturated rings. The van der Waals surface area contributed by atoms with E-state index in [2.05, 4.69) is 213 Å². The summed E-state index contributed by atoms with van der Waals surface area (Å²) in [4.78, 5) is 27.5. The largest absolute Gasteiger partial charge is 0.485 e. The quantitative estimate of drug-likeness (QED) is 0.247. The Labute approximate surface area is 494 Å². The maximum Gasteiger partial charge on any atom is 0.485 e. The van der Waals surface area contributed by atoms with Crippen molar-refractivity contribution in [3.05, 3.63) is 134 Å². The first-order chi connectivity index (χ1) is 39.2. The highest BCUT2D eigenvalue weighted by Crippen LogP contribution is 2.33. The zero-order valence-electron chi connectivity index (χ0n) is 52.6. The summed E-state index contributed by atoms with van der Waals surface area (Å²) < 4.78 is 35.3. The molecule has 0 aromatic heterocycles. The summed E-state index contributed by atoms with van der Waals surface area (Å²) in [5.74, 6) is 1.09. The van der Waals surface area contributed by atoms with Gasteiger partial charge in [0.2, 0.25) is 0 Å². The van der Waals surface area contributed by atoms with Gasteiger partial charge in [0.25, 0.3) is 0 Å². The van der Waals surface area contributed by atoms with Gasteiger partial charge in [-0.25, -0.2) is 5.01 Å². The molecule has 0 atom stereocenters. The van der Waals surface area contributed by atoms with Gasteiger partial charge in [0.1, 0.15) is 51.5 Å². The average molecular weight is 1160 g/mol. The molecule has 9 aliphatic rings. The highest BCUT2D eigenvalue weighted by Gasteiger charge is 2.37. The monoisotopic (exact) mass is 1160 g/mol. The van der Waals surface area contributed by atoms with E-state index in [0.717, 1.165) is 71.1 Å². The number of hydrogen-bond acceptors (Lipinski definition) is 22. The number of hydrogen-bond donors (Lipinski definition) is 0. The van der Waals surface area contributed by atoms with E-state index in [1.165, 1.54) is 39.6 Å². The van der Waals surface area contributed by atoms with Crippen LogP contribution in [0.2, 0.25) is 0 Å². The Kier molecular flexibility index (Phi) is 26.5. The maximum atomic E-state index is 11.8. The van der Waals surface area contributed by atoms with Crippen LogP contribution >= 0.6 is 0 Å². The molecule has 0 saturated heterocycles. The molecule has 0 radical (unpaired) electrons. The van der Waals surface area contributed by atoms with Crippen LogP contribution in [0.5, 0.6) is 0 Å². The minimum absolute atomic E-state index is 0.108. The number of para-hydroxylation sites is 4. The minimum atomic E-state index is -4.23. The lowest BCUT2D eigenvalue weighted by atomic mass is 10.3. The van der Waals surface area contributed by atoms with Gasteiger partial charge in [-0.1, -0.05) is 48.5 Å². The molecule has 9 heterocycles. The van der Waals surface area contributed by atoms with E-state index in [1.54, 1.807) is 19.7 Å². The summed E-state index contributed by atoms with van der Waals surface area (Å²) >= 11 is 0.